The third-order valence-electron chi connectivity index (χ3n) is 3.06. The quantitative estimate of drug-likeness (QED) is 0.915. The second-order valence-corrected chi connectivity index (χ2v) is 5.15. The Bertz CT molecular complexity index is 532. The Morgan fingerprint density at radius 3 is 2.37 bits per heavy atom. The normalized spacial score (nSPS) is 11.4. The van der Waals surface area contributed by atoms with Crippen molar-refractivity contribution in [3.05, 3.63) is 60.4 Å². The molecule has 0 saturated heterocycles. The number of hydrogen-bond donors (Lipinski definition) is 1. The predicted molar refractivity (Wildman–Crippen MR) is 74.4 cm³/mol. The molecular formula is C15H17FN3. The van der Waals surface area contributed by atoms with Crippen molar-refractivity contribution < 1.29 is 4.39 Å². The molecule has 0 bridgehead atoms. The Labute approximate surface area is 112 Å². The minimum absolute atomic E-state index is 0.126. The maximum absolute atomic E-state index is 12.9. The summed E-state index contributed by atoms with van der Waals surface area (Å²) in [5.41, 5.74) is 1.59. The van der Waals surface area contributed by atoms with Gasteiger partial charge in [0.05, 0.1) is 5.69 Å². The van der Waals surface area contributed by atoms with Crippen LogP contribution in [0.25, 0.3) is 0 Å². The van der Waals surface area contributed by atoms with E-state index in [1.165, 1.54) is 12.1 Å². The third-order valence-corrected chi connectivity index (χ3v) is 3.06. The number of hydrogen-bond acceptors (Lipinski definition) is 3. The second-order valence-electron chi connectivity index (χ2n) is 5.15. The zero-order valence-corrected chi connectivity index (χ0v) is 11.2. The summed E-state index contributed by atoms with van der Waals surface area (Å²) in [6, 6.07) is 10.2. The first-order valence-electron chi connectivity index (χ1n) is 6.13. The van der Waals surface area contributed by atoms with E-state index in [0.29, 0.717) is 18.1 Å². The first kappa shape index (κ1) is 13.5. The van der Waals surface area contributed by atoms with E-state index in [1.54, 1.807) is 6.07 Å². The summed E-state index contributed by atoms with van der Waals surface area (Å²) in [6.07, 6.45) is 0. The van der Waals surface area contributed by atoms with E-state index < -0.39 is 0 Å². The molecule has 1 radical (unpaired) electrons. The van der Waals surface area contributed by atoms with Crippen molar-refractivity contribution in [3.8, 4) is 0 Å². The molecule has 0 aliphatic carbocycles. The minimum atomic E-state index is -0.218. The Balaban J connectivity index is 2.04. The molecule has 0 saturated carbocycles. The summed E-state index contributed by atoms with van der Waals surface area (Å²) in [7, 11) is 0. The van der Waals surface area contributed by atoms with Gasteiger partial charge in [0.2, 0.25) is 0 Å². The van der Waals surface area contributed by atoms with Gasteiger partial charge in [0.25, 0.3) is 0 Å². The smallest absolute Gasteiger partial charge is 0.148 e. The molecule has 1 N–H and O–H groups in total. The SMILES string of the molecule is [CH2]c1ccc(NCC(C)(C)c2ccc(F)cc2)nn1. The van der Waals surface area contributed by atoms with Crippen LogP contribution >= 0.6 is 0 Å². The van der Waals surface area contributed by atoms with Crippen LogP contribution in [0, 0.1) is 12.7 Å². The van der Waals surface area contributed by atoms with Crippen LogP contribution in [0.3, 0.4) is 0 Å². The summed E-state index contributed by atoms with van der Waals surface area (Å²) in [5.74, 6) is 0.493. The highest BCUT2D eigenvalue weighted by Gasteiger charge is 2.20. The molecular weight excluding hydrogens is 241 g/mol. The molecule has 1 heterocycles. The van der Waals surface area contributed by atoms with E-state index >= 15 is 0 Å². The van der Waals surface area contributed by atoms with Crippen molar-refractivity contribution in [2.24, 2.45) is 0 Å². The molecule has 4 heteroatoms. The fraction of sp³-hybridized carbons (Fsp3) is 0.267. The second kappa shape index (κ2) is 5.34. The van der Waals surface area contributed by atoms with Gasteiger partial charge >= 0.3 is 0 Å². The monoisotopic (exact) mass is 258 g/mol. The fourth-order valence-corrected chi connectivity index (χ4v) is 1.77. The molecule has 0 aliphatic heterocycles. The number of rotatable bonds is 4. The lowest BCUT2D eigenvalue weighted by atomic mass is 9.84. The maximum Gasteiger partial charge on any atom is 0.148 e. The molecule has 2 rings (SSSR count). The summed E-state index contributed by atoms with van der Waals surface area (Å²) in [5, 5.41) is 11.1. The van der Waals surface area contributed by atoms with Crippen molar-refractivity contribution in [1.82, 2.24) is 10.2 Å². The average Bonchev–Trinajstić information content (AvgIpc) is 2.39. The third kappa shape index (κ3) is 3.50. The Morgan fingerprint density at radius 2 is 1.79 bits per heavy atom. The van der Waals surface area contributed by atoms with Crippen molar-refractivity contribution >= 4 is 5.82 Å². The summed E-state index contributed by atoms with van der Waals surface area (Å²) >= 11 is 0. The average molecular weight is 258 g/mol. The van der Waals surface area contributed by atoms with E-state index in [2.05, 4.69) is 36.3 Å². The van der Waals surface area contributed by atoms with Gasteiger partial charge < -0.3 is 5.32 Å². The van der Waals surface area contributed by atoms with Crippen molar-refractivity contribution in [3.63, 3.8) is 0 Å². The van der Waals surface area contributed by atoms with Gasteiger partial charge in [-0.05, 0) is 36.8 Å². The van der Waals surface area contributed by atoms with Gasteiger partial charge in [-0.25, -0.2) is 4.39 Å². The fourth-order valence-electron chi connectivity index (χ4n) is 1.77. The van der Waals surface area contributed by atoms with Crippen LogP contribution in [0.5, 0.6) is 0 Å². The van der Waals surface area contributed by atoms with E-state index in [-0.39, 0.29) is 11.2 Å². The number of benzene rings is 1. The largest absolute Gasteiger partial charge is 0.368 e. The van der Waals surface area contributed by atoms with Crippen molar-refractivity contribution in [2.75, 3.05) is 11.9 Å². The molecule has 0 aliphatic rings. The van der Waals surface area contributed by atoms with Crippen LogP contribution in [-0.4, -0.2) is 16.7 Å². The van der Waals surface area contributed by atoms with Crippen molar-refractivity contribution in [1.29, 1.82) is 0 Å². The first-order chi connectivity index (χ1) is 8.97. The van der Waals surface area contributed by atoms with Gasteiger partial charge in [-0.3, -0.25) is 0 Å². The zero-order valence-electron chi connectivity index (χ0n) is 11.2. The number of nitrogens with one attached hydrogen (secondary N) is 1. The molecule has 19 heavy (non-hydrogen) atoms. The highest BCUT2D eigenvalue weighted by molar-refractivity contribution is 5.36. The molecule has 3 nitrogen and oxygen atoms in total. The number of halogens is 1. The van der Waals surface area contributed by atoms with Crippen LogP contribution in [0.15, 0.2) is 36.4 Å². The molecule has 0 spiro atoms. The molecule has 0 unspecified atom stereocenters. The molecule has 1 aromatic carbocycles. The molecule has 2 aromatic rings. The van der Waals surface area contributed by atoms with Crippen LogP contribution in [0.2, 0.25) is 0 Å². The Kier molecular flexibility index (Phi) is 3.79. The number of nitrogens with zero attached hydrogens (tertiary/aromatic N) is 2. The minimum Gasteiger partial charge on any atom is -0.368 e. The lowest BCUT2D eigenvalue weighted by Gasteiger charge is -2.25. The lowest BCUT2D eigenvalue weighted by Crippen LogP contribution is -2.28. The van der Waals surface area contributed by atoms with Crippen LogP contribution in [0.1, 0.15) is 25.1 Å². The number of anilines is 1. The van der Waals surface area contributed by atoms with Crippen LogP contribution in [0.4, 0.5) is 10.2 Å². The number of aromatic nitrogens is 2. The van der Waals surface area contributed by atoms with Crippen molar-refractivity contribution in [2.45, 2.75) is 19.3 Å². The predicted octanol–water partition coefficient (Wildman–Crippen LogP) is 3.19. The lowest BCUT2D eigenvalue weighted by molar-refractivity contribution is 0.552. The van der Waals surface area contributed by atoms with E-state index in [9.17, 15) is 4.39 Å². The van der Waals surface area contributed by atoms with E-state index in [4.69, 9.17) is 0 Å². The van der Waals surface area contributed by atoms with Crippen LogP contribution < -0.4 is 5.32 Å². The van der Waals surface area contributed by atoms with E-state index in [0.717, 1.165) is 5.56 Å². The van der Waals surface area contributed by atoms with Gasteiger partial charge in [-0.1, -0.05) is 26.0 Å². The standard InChI is InChI=1S/C15H17FN3/c1-11-4-9-14(19-18-11)17-10-15(2,3)12-5-7-13(16)8-6-12/h4-9H,1,10H2,2-3H3,(H,17,19). The first-order valence-corrected chi connectivity index (χ1v) is 6.13. The molecule has 1 aromatic heterocycles. The van der Waals surface area contributed by atoms with Gasteiger partial charge in [-0.15, -0.1) is 5.10 Å². The summed E-state index contributed by atoms with van der Waals surface area (Å²) < 4.78 is 12.9. The molecule has 0 fully saturated rings. The van der Waals surface area contributed by atoms with Crippen LogP contribution in [-0.2, 0) is 5.41 Å². The topological polar surface area (TPSA) is 37.8 Å². The molecule has 99 valence electrons. The zero-order chi connectivity index (χ0) is 13.9. The summed E-state index contributed by atoms with van der Waals surface area (Å²) in [4.78, 5) is 0. The summed E-state index contributed by atoms with van der Waals surface area (Å²) in [6.45, 7) is 8.56. The molecule has 0 amide bonds. The molecule has 0 atom stereocenters. The van der Waals surface area contributed by atoms with Gasteiger partial charge in [0, 0.05) is 12.0 Å². The maximum atomic E-state index is 12.9. The Hall–Kier alpha value is -1.97. The van der Waals surface area contributed by atoms with Gasteiger partial charge in [0.15, 0.2) is 0 Å². The highest BCUT2D eigenvalue weighted by Crippen LogP contribution is 2.23. The van der Waals surface area contributed by atoms with Gasteiger partial charge in [-0.2, -0.15) is 5.10 Å². The van der Waals surface area contributed by atoms with Gasteiger partial charge in [0.1, 0.15) is 11.6 Å². The Morgan fingerprint density at radius 1 is 1.11 bits per heavy atom. The van der Waals surface area contributed by atoms with E-state index in [1.807, 2.05) is 18.2 Å². The highest BCUT2D eigenvalue weighted by atomic mass is 19.1.